The lowest BCUT2D eigenvalue weighted by Gasteiger charge is -2.16. The van der Waals surface area contributed by atoms with Gasteiger partial charge in [0.15, 0.2) is 0 Å². The Hall–Kier alpha value is -3.64. The molecule has 0 spiro atoms. The smallest absolute Gasteiger partial charge is 0.127 e. The van der Waals surface area contributed by atoms with E-state index in [1.165, 1.54) is 6.07 Å². The predicted molar refractivity (Wildman–Crippen MR) is 116 cm³/mol. The van der Waals surface area contributed by atoms with Gasteiger partial charge in [-0.2, -0.15) is 0 Å². The second-order valence-corrected chi connectivity index (χ2v) is 7.17. The van der Waals surface area contributed by atoms with Crippen molar-refractivity contribution in [2.45, 2.75) is 12.6 Å². The van der Waals surface area contributed by atoms with Crippen LogP contribution in [0.4, 0.5) is 0 Å². The molecule has 6 heteroatoms. The van der Waals surface area contributed by atoms with Crippen molar-refractivity contribution in [3.05, 3.63) is 83.6 Å². The summed E-state index contributed by atoms with van der Waals surface area (Å²) in [4.78, 5) is 0. The van der Waals surface area contributed by atoms with Gasteiger partial charge in [0.05, 0.1) is 20.3 Å². The fourth-order valence-electron chi connectivity index (χ4n) is 3.84. The molecule has 0 radical (unpaired) electrons. The number of aromatic nitrogens is 1. The second-order valence-electron chi connectivity index (χ2n) is 7.17. The molecule has 1 heterocycles. The van der Waals surface area contributed by atoms with Crippen molar-refractivity contribution >= 4 is 10.9 Å². The van der Waals surface area contributed by atoms with Gasteiger partial charge in [-0.05, 0) is 41.5 Å². The van der Waals surface area contributed by atoms with Crippen molar-refractivity contribution in [2.24, 2.45) is 5.73 Å². The number of hydrogen-bond acceptors (Lipinski definition) is 5. The summed E-state index contributed by atoms with van der Waals surface area (Å²) in [5.41, 5.74) is 10.3. The Morgan fingerprint density at radius 2 is 1.63 bits per heavy atom. The second kappa shape index (κ2) is 8.00. The van der Waals surface area contributed by atoms with Crippen LogP contribution in [-0.4, -0.2) is 29.0 Å². The zero-order chi connectivity index (χ0) is 21.3. The molecule has 0 fully saturated rings. The number of para-hydroxylation sites is 1. The van der Waals surface area contributed by atoms with E-state index in [4.69, 9.17) is 15.2 Å². The van der Waals surface area contributed by atoms with Crippen LogP contribution in [0.3, 0.4) is 0 Å². The number of aromatic hydroxyl groups is 2. The molecule has 0 bridgehead atoms. The molecule has 0 aliphatic heterocycles. The van der Waals surface area contributed by atoms with Crippen molar-refractivity contribution in [1.82, 2.24) is 4.57 Å². The van der Waals surface area contributed by atoms with Gasteiger partial charge in [-0.15, -0.1) is 0 Å². The third-order valence-electron chi connectivity index (χ3n) is 5.25. The summed E-state index contributed by atoms with van der Waals surface area (Å²) in [6.45, 7) is 0.481. The normalized spacial score (nSPS) is 12.1. The highest BCUT2D eigenvalue weighted by Gasteiger charge is 2.20. The highest BCUT2D eigenvalue weighted by Crippen LogP contribution is 2.35. The number of fused-ring (bicyclic) bond motifs is 1. The molecule has 4 rings (SSSR count). The standard InChI is InChI=1S/C24H24N2O4/c1-29-18-7-8-20(23(12-18)30-2)24(25)21-14-26(22-6-4-3-5-19(21)22)13-15-9-16(27)11-17(28)10-15/h3-12,14,24,27-28H,13,25H2,1-2H3. The molecule has 4 aromatic rings. The number of hydrogen-bond donors (Lipinski definition) is 3. The minimum absolute atomic E-state index is 0.0290. The Kier molecular flexibility index (Phi) is 5.25. The summed E-state index contributed by atoms with van der Waals surface area (Å²) in [6.07, 6.45) is 2.01. The van der Waals surface area contributed by atoms with Crippen LogP contribution in [-0.2, 0) is 6.54 Å². The molecule has 0 aliphatic rings. The molecule has 6 nitrogen and oxygen atoms in total. The first-order chi connectivity index (χ1) is 14.5. The van der Waals surface area contributed by atoms with Gasteiger partial charge in [0.1, 0.15) is 23.0 Å². The van der Waals surface area contributed by atoms with Gasteiger partial charge in [-0.3, -0.25) is 0 Å². The summed E-state index contributed by atoms with van der Waals surface area (Å²) >= 11 is 0. The molecule has 1 atom stereocenters. The predicted octanol–water partition coefficient (Wildman–Crippen LogP) is 4.17. The first-order valence-electron chi connectivity index (χ1n) is 9.57. The lowest BCUT2D eigenvalue weighted by atomic mass is 9.98. The Morgan fingerprint density at radius 3 is 2.33 bits per heavy atom. The molecule has 0 saturated heterocycles. The molecule has 1 aromatic heterocycles. The molecule has 0 amide bonds. The highest BCUT2D eigenvalue weighted by molar-refractivity contribution is 5.85. The summed E-state index contributed by atoms with van der Waals surface area (Å²) in [5, 5.41) is 20.7. The number of rotatable bonds is 6. The van der Waals surface area contributed by atoms with E-state index in [-0.39, 0.29) is 11.5 Å². The van der Waals surface area contributed by atoms with Gasteiger partial charge in [0.25, 0.3) is 0 Å². The van der Waals surface area contributed by atoms with E-state index in [0.717, 1.165) is 27.6 Å². The first-order valence-corrected chi connectivity index (χ1v) is 9.57. The van der Waals surface area contributed by atoms with E-state index in [1.807, 2.05) is 48.7 Å². The minimum atomic E-state index is -0.408. The van der Waals surface area contributed by atoms with Gasteiger partial charge in [-0.25, -0.2) is 0 Å². The topological polar surface area (TPSA) is 89.9 Å². The third kappa shape index (κ3) is 3.65. The molecule has 4 N–H and O–H groups in total. The summed E-state index contributed by atoms with van der Waals surface area (Å²) in [7, 11) is 3.23. The van der Waals surface area contributed by atoms with Crippen LogP contribution in [0, 0.1) is 0 Å². The van der Waals surface area contributed by atoms with Crippen LogP contribution < -0.4 is 15.2 Å². The molecule has 154 valence electrons. The fourth-order valence-corrected chi connectivity index (χ4v) is 3.84. The van der Waals surface area contributed by atoms with Crippen LogP contribution >= 0.6 is 0 Å². The van der Waals surface area contributed by atoms with Gasteiger partial charge in [0.2, 0.25) is 0 Å². The monoisotopic (exact) mass is 404 g/mol. The Morgan fingerprint density at radius 1 is 0.900 bits per heavy atom. The molecule has 1 unspecified atom stereocenters. The van der Waals surface area contributed by atoms with Gasteiger partial charge >= 0.3 is 0 Å². The van der Waals surface area contributed by atoms with E-state index < -0.39 is 6.04 Å². The van der Waals surface area contributed by atoms with Crippen molar-refractivity contribution in [3.8, 4) is 23.0 Å². The zero-order valence-corrected chi connectivity index (χ0v) is 16.9. The molecule has 0 aliphatic carbocycles. The minimum Gasteiger partial charge on any atom is -0.508 e. The molecule has 30 heavy (non-hydrogen) atoms. The maximum atomic E-state index is 9.81. The van der Waals surface area contributed by atoms with Crippen molar-refractivity contribution in [2.75, 3.05) is 14.2 Å². The van der Waals surface area contributed by atoms with Gasteiger partial charge in [-0.1, -0.05) is 18.2 Å². The van der Waals surface area contributed by atoms with Crippen LogP contribution in [0.25, 0.3) is 10.9 Å². The largest absolute Gasteiger partial charge is 0.508 e. The van der Waals surface area contributed by atoms with E-state index in [2.05, 4.69) is 4.57 Å². The van der Waals surface area contributed by atoms with Gasteiger partial charge in [0, 0.05) is 41.3 Å². The van der Waals surface area contributed by atoms with Crippen LogP contribution in [0.5, 0.6) is 23.0 Å². The maximum Gasteiger partial charge on any atom is 0.127 e. The molecule has 3 aromatic carbocycles. The Balaban J connectivity index is 1.79. The number of methoxy groups -OCH3 is 2. The van der Waals surface area contributed by atoms with Crippen molar-refractivity contribution in [3.63, 3.8) is 0 Å². The van der Waals surface area contributed by atoms with E-state index in [1.54, 1.807) is 26.4 Å². The summed E-state index contributed by atoms with van der Waals surface area (Å²) in [6, 6.07) is 17.8. The van der Waals surface area contributed by atoms with Crippen LogP contribution in [0.2, 0.25) is 0 Å². The molecular formula is C24H24N2O4. The van der Waals surface area contributed by atoms with E-state index in [9.17, 15) is 10.2 Å². The molecule has 0 saturated carbocycles. The quantitative estimate of drug-likeness (QED) is 0.449. The van der Waals surface area contributed by atoms with Crippen LogP contribution in [0.15, 0.2) is 66.9 Å². The van der Waals surface area contributed by atoms with Crippen LogP contribution in [0.1, 0.15) is 22.7 Å². The average Bonchev–Trinajstić information content (AvgIpc) is 3.10. The number of phenols is 2. The summed E-state index contributed by atoms with van der Waals surface area (Å²) < 4.78 is 12.9. The van der Waals surface area contributed by atoms with Crippen molar-refractivity contribution < 1.29 is 19.7 Å². The lowest BCUT2D eigenvalue weighted by Crippen LogP contribution is -2.13. The lowest BCUT2D eigenvalue weighted by molar-refractivity contribution is 0.390. The third-order valence-corrected chi connectivity index (χ3v) is 5.25. The fraction of sp³-hybridized carbons (Fsp3) is 0.167. The molecular weight excluding hydrogens is 380 g/mol. The SMILES string of the molecule is COc1ccc(C(N)c2cn(Cc3cc(O)cc(O)c3)c3ccccc23)c(OC)c1. The number of ether oxygens (including phenoxy) is 2. The van der Waals surface area contributed by atoms with Gasteiger partial charge < -0.3 is 30.0 Å². The number of benzene rings is 3. The first kappa shape index (κ1) is 19.7. The average molecular weight is 404 g/mol. The number of nitrogens with two attached hydrogens (primary N) is 1. The van der Waals surface area contributed by atoms with E-state index in [0.29, 0.717) is 18.0 Å². The summed E-state index contributed by atoms with van der Waals surface area (Å²) in [5.74, 6) is 1.42. The zero-order valence-electron chi connectivity index (χ0n) is 16.9. The van der Waals surface area contributed by atoms with E-state index >= 15 is 0 Å². The maximum absolute atomic E-state index is 9.81. The highest BCUT2D eigenvalue weighted by atomic mass is 16.5. The number of phenolic OH excluding ortho intramolecular Hbond substituents is 2. The van der Waals surface area contributed by atoms with Crippen molar-refractivity contribution in [1.29, 1.82) is 0 Å². The Bertz CT molecular complexity index is 1180. The Labute approximate surface area is 174 Å². The number of nitrogens with zero attached hydrogens (tertiary/aromatic N) is 1.